The van der Waals surface area contributed by atoms with Crippen LogP contribution >= 0.6 is 11.8 Å². The van der Waals surface area contributed by atoms with Crippen LogP contribution in [0.2, 0.25) is 0 Å². The Balaban J connectivity index is 1.55. The summed E-state index contributed by atoms with van der Waals surface area (Å²) in [4.78, 5) is 23.1. The number of carbonyl (C=O) groups is 1. The Morgan fingerprint density at radius 3 is 2.90 bits per heavy atom. The highest BCUT2D eigenvalue weighted by atomic mass is 32.2. The lowest BCUT2D eigenvalue weighted by molar-refractivity contribution is -0.134. The summed E-state index contributed by atoms with van der Waals surface area (Å²) < 4.78 is 0. The summed E-state index contributed by atoms with van der Waals surface area (Å²) in [7, 11) is 0. The highest BCUT2D eigenvalue weighted by Gasteiger charge is 2.32. The number of hydrogen-bond acceptors (Lipinski definition) is 5. The van der Waals surface area contributed by atoms with E-state index in [9.17, 15) is 4.79 Å². The second-order valence-corrected chi connectivity index (χ2v) is 6.67. The zero-order chi connectivity index (χ0) is 14.7. The molecule has 0 bridgehead atoms. The van der Waals surface area contributed by atoms with Gasteiger partial charge in [0, 0.05) is 25.0 Å². The molecule has 0 aromatic carbocycles. The van der Waals surface area contributed by atoms with Crippen LogP contribution < -0.4 is 5.32 Å². The van der Waals surface area contributed by atoms with Crippen LogP contribution in [0, 0.1) is 5.92 Å². The molecule has 1 saturated carbocycles. The van der Waals surface area contributed by atoms with Crippen LogP contribution in [0.3, 0.4) is 0 Å². The molecular weight excluding hydrogens is 284 g/mol. The number of carbonyl (C=O) groups excluding carboxylic acids is 1. The highest BCUT2D eigenvalue weighted by Crippen LogP contribution is 2.28. The Hall–Kier alpha value is -1.30. The molecule has 1 saturated heterocycles. The third-order valence-corrected chi connectivity index (χ3v) is 4.99. The fourth-order valence-electron chi connectivity index (χ4n) is 3.23. The van der Waals surface area contributed by atoms with Gasteiger partial charge in [0.25, 0.3) is 0 Å². The zero-order valence-corrected chi connectivity index (χ0v) is 13.2. The van der Waals surface area contributed by atoms with E-state index >= 15 is 0 Å². The van der Waals surface area contributed by atoms with Gasteiger partial charge in [0.2, 0.25) is 5.91 Å². The van der Waals surface area contributed by atoms with Crippen LogP contribution in [0.25, 0.3) is 0 Å². The van der Waals surface area contributed by atoms with Gasteiger partial charge in [0.05, 0.1) is 12.4 Å². The van der Waals surface area contributed by atoms with Gasteiger partial charge in [-0.1, -0.05) is 12.8 Å². The quantitative estimate of drug-likeness (QED) is 0.866. The average molecular weight is 306 g/mol. The van der Waals surface area contributed by atoms with Crippen molar-refractivity contribution in [1.82, 2.24) is 14.9 Å². The number of hydrogen-bond donors (Lipinski definition) is 1. The fraction of sp³-hybridized carbons (Fsp3) is 0.667. The molecule has 21 heavy (non-hydrogen) atoms. The van der Waals surface area contributed by atoms with Crippen molar-refractivity contribution in [2.75, 3.05) is 24.7 Å². The van der Waals surface area contributed by atoms with Crippen molar-refractivity contribution < 1.29 is 4.79 Å². The largest absolute Gasteiger partial charge is 0.364 e. The minimum atomic E-state index is 0.281. The summed E-state index contributed by atoms with van der Waals surface area (Å²) in [6, 6.07) is 0.293. The van der Waals surface area contributed by atoms with Crippen molar-refractivity contribution in [3.8, 4) is 0 Å². The van der Waals surface area contributed by atoms with E-state index in [0.717, 1.165) is 43.2 Å². The van der Waals surface area contributed by atoms with Gasteiger partial charge in [-0.3, -0.25) is 9.78 Å². The SMILES string of the molecule is CSc1cncc(N[C@H]2CCN(C(=O)C3CCCC3)C2)n1. The van der Waals surface area contributed by atoms with Crippen molar-refractivity contribution >= 4 is 23.5 Å². The van der Waals surface area contributed by atoms with Crippen molar-refractivity contribution in [2.45, 2.75) is 43.2 Å². The summed E-state index contributed by atoms with van der Waals surface area (Å²) in [5.41, 5.74) is 0. The van der Waals surface area contributed by atoms with Gasteiger partial charge in [0.1, 0.15) is 10.8 Å². The second kappa shape index (κ2) is 6.64. The van der Waals surface area contributed by atoms with E-state index in [1.165, 1.54) is 12.8 Å². The third kappa shape index (κ3) is 3.48. The van der Waals surface area contributed by atoms with Crippen molar-refractivity contribution in [3.63, 3.8) is 0 Å². The highest BCUT2D eigenvalue weighted by molar-refractivity contribution is 7.98. The number of likely N-dealkylation sites (tertiary alicyclic amines) is 1. The molecule has 3 rings (SSSR count). The van der Waals surface area contributed by atoms with E-state index in [1.807, 2.05) is 11.2 Å². The summed E-state index contributed by atoms with van der Waals surface area (Å²) in [6.07, 6.45) is 11.1. The molecule has 1 N–H and O–H groups in total. The molecule has 0 radical (unpaired) electrons. The molecule has 6 heteroatoms. The molecule has 1 atom stereocenters. The first-order valence-corrected chi connectivity index (χ1v) is 8.90. The van der Waals surface area contributed by atoms with Crippen LogP contribution in [0.5, 0.6) is 0 Å². The predicted octanol–water partition coefficient (Wildman–Crippen LogP) is 2.40. The summed E-state index contributed by atoms with van der Waals surface area (Å²) in [5.74, 6) is 1.45. The molecule has 1 amide bonds. The van der Waals surface area contributed by atoms with Gasteiger partial charge >= 0.3 is 0 Å². The lowest BCUT2D eigenvalue weighted by Gasteiger charge is -2.20. The first-order chi connectivity index (χ1) is 10.3. The molecule has 114 valence electrons. The first kappa shape index (κ1) is 14.6. The minimum Gasteiger partial charge on any atom is -0.364 e. The normalized spacial score (nSPS) is 22.7. The van der Waals surface area contributed by atoms with Crippen LogP contribution in [0.1, 0.15) is 32.1 Å². The number of thioether (sulfide) groups is 1. The van der Waals surface area contributed by atoms with E-state index in [1.54, 1.807) is 24.2 Å². The van der Waals surface area contributed by atoms with E-state index in [4.69, 9.17) is 0 Å². The molecule has 2 fully saturated rings. The number of nitrogens with zero attached hydrogens (tertiary/aromatic N) is 3. The summed E-state index contributed by atoms with van der Waals surface area (Å²) in [6.45, 7) is 1.66. The second-order valence-electron chi connectivity index (χ2n) is 5.84. The Bertz CT molecular complexity index is 504. The van der Waals surface area contributed by atoms with Gasteiger partial charge in [0.15, 0.2) is 0 Å². The molecule has 1 aliphatic heterocycles. The maximum absolute atomic E-state index is 12.4. The molecule has 5 nitrogen and oxygen atoms in total. The van der Waals surface area contributed by atoms with Gasteiger partial charge in [-0.15, -0.1) is 11.8 Å². The lowest BCUT2D eigenvalue weighted by atomic mass is 10.1. The molecular formula is C15H22N4OS. The molecule has 1 aromatic heterocycles. The van der Waals surface area contributed by atoms with Crippen LogP contribution in [0.15, 0.2) is 17.4 Å². The minimum absolute atomic E-state index is 0.281. The van der Waals surface area contributed by atoms with Crippen LogP contribution in [-0.2, 0) is 4.79 Å². The van der Waals surface area contributed by atoms with E-state index in [0.29, 0.717) is 11.9 Å². The summed E-state index contributed by atoms with van der Waals surface area (Å²) in [5, 5.41) is 4.32. The molecule has 2 heterocycles. The maximum Gasteiger partial charge on any atom is 0.225 e. The van der Waals surface area contributed by atoms with E-state index in [2.05, 4.69) is 15.3 Å². The van der Waals surface area contributed by atoms with E-state index < -0.39 is 0 Å². The van der Waals surface area contributed by atoms with E-state index in [-0.39, 0.29) is 5.92 Å². The lowest BCUT2D eigenvalue weighted by Crippen LogP contribution is -2.35. The molecule has 1 aliphatic carbocycles. The maximum atomic E-state index is 12.4. The Labute approximate surface area is 129 Å². The number of nitrogens with one attached hydrogen (secondary N) is 1. The van der Waals surface area contributed by atoms with Crippen molar-refractivity contribution in [1.29, 1.82) is 0 Å². The third-order valence-electron chi connectivity index (χ3n) is 4.38. The fourth-order valence-corrected chi connectivity index (χ4v) is 3.59. The Morgan fingerprint density at radius 2 is 2.14 bits per heavy atom. The Kier molecular flexibility index (Phi) is 4.63. The molecule has 0 spiro atoms. The topological polar surface area (TPSA) is 58.1 Å². The first-order valence-electron chi connectivity index (χ1n) is 7.67. The number of anilines is 1. The summed E-state index contributed by atoms with van der Waals surface area (Å²) >= 11 is 1.58. The number of rotatable bonds is 4. The zero-order valence-electron chi connectivity index (χ0n) is 12.4. The Morgan fingerprint density at radius 1 is 1.33 bits per heavy atom. The average Bonchev–Trinajstić information content (AvgIpc) is 3.18. The molecule has 1 aromatic rings. The predicted molar refractivity (Wildman–Crippen MR) is 84.4 cm³/mol. The van der Waals surface area contributed by atoms with Gasteiger partial charge < -0.3 is 10.2 Å². The number of amides is 1. The monoisotopic (exact) mass is 306 g/mol. The molecule has 2 aliphatic rings. The van der Waals surface area contributed by atoms with Crippen molar-refractivity contribution in [2.24, 2.45) is 5.92 Å². The van der Waals surface area contributed by atoms with Crippen LogP contribution in [0.4, 0.5) is 5.82 Å². The number of aromatic nitrogens is 2. The van der Waals surface area contributed by atoms with Gasteiger partial charge in [-0.05, 0) is 25.5 Å². The molecule has 0 unspecified atom stereocenters. The van der Waals surface area contributed by atoms with Crippen molar-refractivity contribution in [3.05, 3.63) is 12.4 Å². The van der Waals surface area contributed by atoms with Gasteiger partial charge in [-0.25, -0.2) is 4.98 Å². The van der Waals surface area contributed by atoms with Gasteiger partial charge in [-0.2, -0.15) is 0 Å². The smallest absolute Gasteiger partial charge is 0.225 e. The standard InChI is InChI=1S/C15H22N4OS/c1-21-14-9-16-8-13(18-14)17-12-6-7-19(10-12)15(20)11-4-2-3-5-11/h8-9,11-12H,2-7,10H2,1H3,(H,17,18)/t12-/m0/s1. The van der Waals surface area contributed by atoms with Crippen LogP contribution in [-0.4, -0.2) is 46.2 Å².